The summed E-state index contributed by atoms with van der Waals surface area (Å²) in [6.45, 7) is 1.89. The molecule has 0 radical (unpaired) electrons. The number of furan rings is 1. The summed E-state index contributed by atoms with van der Waals surface area (Å²) in [5.74, 6) is 1.23. The van der Waals surface area contributed by atoms with E-state index in [0.717, 1.165) is 17.1 Å². The molecule has 4 aromatic rings. The van der Waals surface area contributed by atoms with Crippen molar-refractivity contribution in [2.24, 2.45) is 0 Å². The lowest BCUT2D eigenvalue weighted by atomic mass is 10.3. The van der Waals surface area contributed by atoms with Gasteiger partial charge in [-0.15, -0.1) is 10.2 Å². The van der Waals surface area contributed by atoms with E-state index in [9.17, 15) is 0 Å². The largest absolute Gasteiger partial charge is 0.481 e. The number of imidazole rings is 1. The molecule has 0 spiro atoms. The molecule has 0 aliphatic rings. The normalized spacial score (nSPS) is 11.3. The van der Waals surface area contributed by atoms with Crippen molar-refractivity contribution in [3.63, 3.8) is 0 Å². The van der Waals surface area contributed by atoms with Gasteiger partial charge in [0.25, 0.3) is 0 Å². The monoisotopic (exact) mass is 281 g/mol. The van der Waals surface area contributed by atoms with Gasteiger partial charge in [-0.05, 0) is 19.1 Å². The van der Waals surface area contributed by atoms with Gasteiger partial charge in [-0.3, -0.25) is 4.40 Å². The highest BCUT2D eigenvalue weighted by atomic mass is 16.5. The van der Waals surface area contributed by atoms with Crippen LogP contribution in [0.3, 0.4) is 0 Å². The summed E-state index contributed by atoms with van der Waals surface area (Å²) in [7, 11) is 1.58. The molecule has 4 rings (SSSR count). The Labute approximate surface area is 119 Å². The van der Waals surface area contributed by atoms with Crippen LogP contribution in [-0.2, 0) is 0 Å². The van der Waals surface area contributed by atoms with Gasteiger partial charge in [0.2, 0.25) is 5.88 Å². The molecule has 0 bridgehead atoms. The molecule has 7 heteroatoms. The summed E-state index contributed by atoms with van der Waals surface area (Å²) in [5.41, 5.74) is 3.63. The first kappa shape index (κ1) is 11.8. The third-order valence-electron chi connectivity index (χ3n) is 3.30. The van der Waals surface area contributed by atoms with Crippen LogP contribution >= 0.6 is 0 Å². The third kappa shape index (κ3) is 1.67. The number of pyridine rings is 1. The van der Waals surface area contributed by atoms with Crippen molar-refractivity contribution in [1.29, 1.82) is 0 Å². The zero-order valence-electron chi connectivity index (χ0n) is 11.4. The Morgan fingerprint density at radius 1 is 1.10 bits per heavy atom. The highest BCUT2D eigenvalue weighted by Gasteiger charge is 2.16. The fourth-order valence-corrected chi connectivity index (χ4v) is 2.31. The maximum Gasteiger partial charge on any atom is 0.215 e. The maximum atomic E-state index is 5.20. The Kier molecular flexibility index (Phi) is 2.41. The molecule has 0 saturated carbocycles. The number of aromatic nitrogens is 5. The predicted octanol–water partition coefficient (Wildman–Crippen LogP) is 2.25. The van der Waals surface area contributed by atoms with Crippen molar-refractivity contribution in [1.82, 2.24) is 24.6 Å². The van der Waals surface area contributed by atoms with Crippen molar-refractivity contribution in [2.75, 3.05) is 7.11 Å². The van der Waals surface area contributed by atoms with Crippen LogP contribution in [0.4, 0.5) is 0 Å². The Morgan fingerprint density at radius 3 is 2.76 bits per heavy atom. The minimum atomic E-state index is 0.515. The molecule has 7 nitrogen and oxygen atoms in total. The van der Waals surface area contributed by atoms with E-state index in [0.29, 0.717) is 22.7 Å². The number of hydrogen-bond donors (Lipinski definition) is 0. The molecule has 0 aliphatic carbocycles. The molecule has 0 fully saturated rings. The van der Waals surface area contributed by atoms with Crippen LogP contribution < -0.4 is 4.74 Å². The van der Waals surface area contributed by atoms with Gasteiger partial charge in [0.1, 0.15) is 11.8 Å². The fourth-order valence-electron chi connectivity index (χ4n) is 2.31. The average molecular weight is 281 g/mol. The van der Waals surface area contributed by atoms with Gasteiger partial charge in [-0.2, -0.15) is 4.98 Å². The summed E-state index contributed by atoms with van der Waals surface area (Å²) >= 11 is 0. The molecule has 0 atom stereocenters. The highest BCUT2D eigenvalue weighted by molar-refractivity contribution is 5.77. The van der Waals surface area contributed by atoms with Crippen molar-refractivity contribution in [3.8, 4) is 17.3 Å². The third-order valence-corrected chi connectivity index (χ3v) is 3.30. The molecule has 0 N–H and O–H groups in total. The zero-order chi connectivity index (χ0) is 14.4. The van der Waals surface area contributed by atoms with E-state index >= 15 is 0 Å². The van der Waals surface area contributed by atoms with E-state index in [1.54, 1.807) is 25.7 Å². The number of fused-ring (bicyclic) bond motifs is 3. The standard InChI is InChI=1S/C14H11N5O2/c1-8-12-18-17-10-3-4-11(20-2)16-14(10)19(12)13(15-8)9-5-6-21-7-9/h3-7H,1-2H3. The minimum absolute atomic E-state index is 0.515. The number of ether oxygens (including phenoxy) is 1. The molecule has 0 unspecified atom stereocenters. The first-order chi connectivity index (χ1) is 10.3. The molecule has 4 aromatic heterocycles. The van der Waals surface area contributed by atoms with Crippen LogP contribution in [0.1, 0.15) is 5.69 Å². The summed E-state index contributed by atoms with van der Waals surface area (Å²) < 4.78 is 12.2. The summed E-state index contributed by atoms with van der Waals surface area (Å²) in [6.07, 6.45) is 3.25. The maximum absolute atomic E-state index is 5.20. The van der Waals surface area contributed by atoms with Crippen LogP contribution in [-0.4, -0.2) is 31.7 Å². The summed E-state index contributed by atoms with van der Waals surface area (Å²) in [6, 6.07) is 5.42. The van der Waals surface area contributed by atoms with Gasteiger partial charge in [0.05, 0.1) is 24.6 Å². The summed E-state index contributed by atoms with van der Waals surface area (Å²) in [5, 5.41) is 8.42. The number of methoxy groups -OCH3 is 1. The van der Waals surface area contributed by atoms with Crippen molar-refractivity contribution < 1.29 is 9.15 Å². The second-order valence-electron chi connectivity index (χ2n) is 4.59. The van der Waals surface area contributed by atoms with Crippen LogP contribution in [0.15, 0.2) is 35.1 Å². The number of nitrogens with zero attached hydrogens (tertiary/aromatic N) is 5. The smallest absolute Gasteiger partial charge is 0.215 e. The van der Waals surface area contributed by atoms with Crippen LogP contribution in [0, 0.1) is 6.92 Å². The van der Waals surface area contributed by atoms with E-state index in [1.807, 2.05) is 23.5 Å². The lowest BCUT2D eigenvalue weighted by Crippen LogP contribution is -2.00. The first-order valence-corrected chi connectivity index (χ1v) is 6.37. The van der Waals surface area contributed by atoms with Crippen molar-refractivity contribution in [2.45, 2.75) is 6.92 Å². The van der Waals surface area contributed by atoms with E-state index in [-0.39, 0.29) is 0 Å². The van der Waals surface area contributed by atoms with Crippen LogP contribution in [0.25, 0.3) is 28.2 Å². The molecule has 4 heterocycles. The van der Waals surface area contributed by atoms with E-state index in [4.69, 9.17) is 9.15 Å². The van der Waals surface area contributed by atoms with Crippen LogP contribution in [0.2, 0.25) is 0 Å². The lowest BCUT2D eigenvalue weighted by molar-refractivity contribution is 0.399. The topological polar surface area (TPSA) is 78.3 Å². The number of rotatable bonds is 2. The Hall–Kier alpha value is -2.96. The molecule has 0 saturated heterocycles. The van der Waals surface area contributed by atoms with E-state index in [2.05, 4.69) is 20.2 Å². The van der Waals surface area contributed by atoms with Crippen molar-refractivity contribution in [3.05, 3.63) is 36.4 Å². The Balaban J connectivity index is 2.17. The van der Waals surface area contributed by atoms with E-state index < -0.39 is 0 Å². The molecular formula is C14H11N5O2. The Bertz CT molecular complexity index is 943. The van der Waals surface area contributed by atoms with Gasteiger partial charge in [0.15, 0.2) is 17.1 Å². The Morgan fingerprint density at radius 2 is 2.00 bits per heavy atom. The van der Waals surface area contributed by atoms with Gasteiger partial charge >= 0.3 is 0 Å². The predicted molar refractivity (Wildman–Crippen MR) is 75.1 cm³/mol. The zero-order valence-corrected chi connectivity index (χ0v) is 11.4. The molecular weight excluding hydrogens is 270 g/mol. The lowest BCUT2D eigenvalue weighted by Gasteiger charge is -2.04. The first-order valence-electron chi connectivity index (χ1n) is 6.37. The van der Waals surface area contributed by atoms with Gasteiger partial charge < -0.3 is 9.15 Å². The fraction of sp³-hybridized carbons (Fsp3) is 0.143. The molecule has 0 aromatic carbocycles. The van der Waals surface area contributed by atoms with Crippen LogP contribution in [0.5, 0.6) is 5.88 Å². The SMILES string of the molecule is COc1ccc2nnc3c(C)nc(-c4ccoc4)n3c2n1. The minimum Gasteiger partial charge on any atom is -0.481 e. The van der Waals surface area contributed by atoms with Crippen molar-refractivity contribution >= 4 is 16.8 Å². The quantitative estimate of drug-likeness (QED) is 0.560. The highest BCUT2D eigenvalue weighted by Crippen LogP contribution is 2.25. The number of hydrogen-bond acceptors (Lipinski definition) is 6. The molecule has 0 amide bonds. The van der Waals surface area contributed by atoms with Gasteiger partial charge in [-0.1, -0.05) is 0 Å². The second-order valence-corrected chi connectivity index (χ2v) is 4.59. The molecule has 104 valence electrons. The number of aryl methyl sites for hydroxylation is 1. The summed E-state index contributed by atoms with van der Waals surface area (Å²) in [4.78, 5) is 9.03. The molecule has 21 heavy (non-hydrogen) atoms. The average Bonchev–Trinajstić information content (AvgIpc) is 3.14. The van der Waals surface area contributed by atoms with Gasteiger partial charge in [-0.25, -0.2) is 4.98 Å². The van der Waals surface area contributed by atoms with Gasteiger partial charge in [0, 0.05) is 6.07 Å². The molecule has 0 aliphatic heterocycles. The second kappa shape index (κ2) is 4.27. The van der Waals surface area contributed by atoms with E-state index in [1.165, 1.54) is 0 Å².